The summed E-state index contributed by atoms with van der Waals surface area (Å²) >= 11 is 0. The number of rotatable bonds is 2. The van der Waals surface area contributed by atoms with Crippen LogP contribution in [0.4, 0.5) is 4.39 Å². The summed E-state index contributed by atoms with van der Waals surface area (Å²) < 4.78 is 38.6. The highest BCUT2D eigenvalue weighted by Gasteiger charge is 2.37. The molecular formula is C11H15FN2O2S. The standard InChI is InChI=1S/C11H15FN2O2S/c1-8-11(13)6-7-14(8)17(15,16)10-4-2-9(12)3-5-10/h2-5,8,11H,6-7,13H2,1H3. The van der Waals surface area contributed by atoms with Crippen LogP contribution in [0.15, 0.2) is 29.2 Å². The van der Waals surface area contributed by atoms with Crippen LogP contribution in [0.25, 0.3) is 0 Å². The first-order valence-corrected chi connectivity index (χ1v) is 6.90. The largest absolute Gasteiger partial charge is 0.326 e. The first-order valence-electron chi connectivity index (χ1n) is 5.46. The minimum Gasteiger partial charge on any atom is -0.326 e. The lowest BCUT2D eigenvalue weighted by atomic mass is 10.2. The van der Waals surface area contributed by atoms with E-state index in [1.165, 1.54) is 16.4 Å². The Morgan fingerprint density at radius 3 is 2.41 bits per heavy atom. The zero-order chi connectivity index (χ0) is 12.6. The second-order valence-corrected chi connectivity index (χ2v) is 6.15. The van der Waals surface area contributed by atoms with Crippen LogP contribution in [0.5, 0.6) is 0 Å². The highest BCUT2D eigenvalue weighted by molar-refractivity contribution is 7.89. The van der Waals surface area contributed by atoms with Crippen LogP contribution in [0.1, 0.15) is 13.3 Å². The number of halogens is 1. The molecule has 94 valence electrons. The molecule has 0 amide bonds. The van der Waals surface area contributed by atoms with Gasteiger partial charge in [-0.3, -0.25) is 0 Å². The molecule has 0 bridgehead atoms. The topological polar surface area (TPSA) is 63.4 Å². The van der Waals surface area contributed by atoms with Gasteiger partial charge in [0.05, 0.1) is 4.90 Å². The van der Waals surface area contributed by atoms with Crippen LogP contribution in [-0.4, -0.2) is 31.4 Å². The van der Waals surface area contributed by atoms with Gasteiger partial charge in [-0.1, -0.05) is 0 Å². The molecule has 1 aliphatic rings. The van der Waals surface area contributed by atoms with Crippen molar-refractivity contribution in [3.8, 4) is 0 Å². The van der Waals surface area contributed by atoms with Gasteiger partial charge in [-0.15, -0.1) is 0 Å². The zero-order valence-electron chi connectivity index (χ0n) is 9.51. The van der Waals surface area contributed by atoms with Gasteiger partial charge >= 0.3 is 0 Å². The summed E-state index contributed by atoms with van der Waals surface area (Å²) in [6, 6.07) is 4.50. The highest BCUT2D eigenvalue weighted by atomic mass is 32.2. The van der Waals surface area contributed by atoms with E-state index >= 15 is 0 Å². The molecule has 17 heavy (non-hydrogen) atoms. The van der Waals surface area contributed by atoms with Gasteiger partial charge in [0.15, 0.2) is 0 Å². The maximum atomic E-state index is 12.8. The molecule has 0 spiro atoms. The molecule has 1 heterocycles. The predicted molar refractivity (Wildman–Crippen MR) is 62.3 cm³/mol. The SMILES string of the molecule is CC1C(N)CCN1S(=O)(=O)c1ccc(F)cc1. The maximum absolute atomic E-state index is 12.8. The summed E-state index contributed by atoms with van der Waals surface area (Å²) in [6.07, 6.45) is 0.654. The van der Waals surface area contributed by atoms with Crippen molar-refractivity contribution in [3.63, 3.8) is 0 Å². The fourth-order valence-electron chi connectivity index (χ4n) is 2.02. The lowest BCUT2D eigenvalue weighted by Gasteiger charge is -2.22. The van der Waals surface area contributed by atoms with Crippen molar-refractivity contribution in [2.45, 2.75) is 30.3 Å². The molecule has 1 aromatic carbocycles. The van der Waals surface area contributed by atoms with Crippen molar-refractivity contribution in [2.24, 2.45) is 5.73 Å². The Morgan fingerprint density at radius 2 is 1.94 bits per heavy atom. The summed E-state index contributed by atoms with van der Waals surface area (Å²) in [5.74, 6) is -0.449. The monoisotopic (exact) mass is 258 g/mol. The van der Waals surface area contributed by atoms with Crippen LogP contribution >= 0.6 is 0 Å². The van der Waals surface area contributed by atoms with Gasteiger partial charge in [0.1, 0.15) is 5.82 Å². The molecule has 1 saturated heterocycles. The van der Waals surface area contributed by atoms with Gasteiger partial charge in [-0.25, -0.2) is 12.8 Å². The smallest absolute Gasteiger partial charge is 0.243 e. The molecule has 0 saturated carbocycles. The van der Waals surface area contributed by atoms with Gasteiger partial charge in [-0.05, 0) is 37.6 Å². The van der Waals surface area contributed by atoms with Crippen molar-refractivity contribution >= 4 is 10.0 Å². The molecule has 2 N–H and O–H groups in total. The Morgan fingerprint density at radius 1 is 1.35 bits per heavy atom. The summed E-state index contributed by atoms with van der Waals surface area (Å²) in [5, 5.41) is 0. The van der Waals surface area contributed by atoms with Gasteiger partial charge in [0, 0.05) is 18.6 Å². The molecule has 1 fully saturated rings. The molecule has 0 aromatic heterocycles. The van der Waals surface area contributed by atoms with Crippen molar-refractivity contribution in [1.82, 2.24) is 4.31 Å². The summed E-state index contributed by atoms with van der Waals surface area (Å²) in [6.45, 7) is 2.21. The summed E-state index contributed by atoms with van der Waals surface area (Å²) in [5.41, 5.74) is 5.80. The minimum atomic E-state index is -3.55. The van der Waals surface area contributed by atoms with Gasteiger partial charge < -0.3 is 5.73 Å². The molecule has 2 atom stereocenters. The molecule has 0 aliphatic carbocycles. The number of sulfonamides is 1. The van der Waals surface area contributed by atoms with E-state index < -0.39 is 15.8 Å². The minimum absolute atomic E-state index is 0.111. The molecule has 2 rings (SSSR count). The Labute approximate surface area is 100 Å². The van der Waals surface area contributed by atoms with E-state index in [1.807, 2.05) is 0 Å². The van der Waals surface area contributed by atoms with Crippen molar-refractivity contribution in [3.05, 3.63) is 30.1 Å². The number of nitrogens with two attached hydrogens (primary N) is 1. The lowest BCUT2D eigenvalue weighted by molar-refractivity contribution is 0.393. The molecule has 0 radical (unpaired) electrons. The first kappa shape index (κ1) is 12.5. The molecule has 1 aliphatic heterocycles. The molecule has 4 nitrogen and oxygen atoms in total. The molecule has 2 unspecified atom stereocenters. The van der Waals surface area contributed by atoms with E-state index in [9.17, 15) is 12.8 Å². The number of nitrogens with zero attached hydrogens (tertiary/aromatic N) is 1. The molecular weight excluding hydrogens is 243 g/mol. The highest BCUT2D eigenvalue weighted by Crippen LogP contribution is 2.25. The third-order valence-electron chi connectivity index (χ3n) is 3.18. The van der Waals surface area contributed by atoms with E-state index in [4.69, 9.17) is 5.73 Å². The number of hydrogen-bond acceptors (Lipinski definition) is 3. The van der Waals surface area contributed by atoms with Crippen molar-refractivity contribution in [1.29, 1.82) is 0 Å². The summed E-state index contributed by atoms with van der Waals surface area (Å²) in [7, 11) is -3.55. The fourth-order valence-corrected chi connectivity index (χ4v) is 3.71. The average molecular weight is 258 g/mol. The first-order chi connectivity index (χ1) is 7.93. The quantitative estimate of drug-likeness (QED) is 0.858. The van der Waals surface area contributed by atoms with E-state index in [-0.39, 0.29) is 17.0 Å². The second kappa shape index (κ2) is 4.36. The Kier molecular flexibility index (Phi) is 3.20. The number of benzene rings is 1. The van der Waals surface area contributed by atoms with Crippen molar-refractivity contribution < 1.29 is 12.8 Å². The Hall–Kier alpha value is -0.980. The van der Waals surface area contributed by atoms with E-state index in [0.717, 1.165) is 12.1 Å². The van der Waals surface area contributed by atoms with Crippen LogP contribution in [-0.2, 0) is 10.0 Å². The van der Waals surface area contributed by atoms with Crippen LogP contribution in [0.3, 0.4) is 0 Å². The van der Waals surface area contributed by atoms with Crippen LogP contribution in [0.2, 0.25) is 0 Å². The third-order valence-corrected chi connectivity index (χ3v) is 5.18. The van der Waals surface area contributed by atoms with E-state index in [2.05, 4.69) is 0 Å². The third kappa shape index (κ3) is 2.20. The van der Waals surface area contributed by atoms with Crippen LogP contribution in [0, 0.1) is 5.82 Å². The average Bonchev–Trinajstić information content (AvgIpc) is 2.61. The molecule has 6 heteroatoms. The van der Waals surface area contributed by atoms with E-state index in [0.29, 0.717) is 13.0 Å². The maximum Gasteiger partial charge on any atom is 0.243 e. The van der Waals surface area contributed by atoms with Gasteiger partial charge in [-0.2, -0.15) is 4.31 Å². The van der Waals surface area contributed by atoms with Gasteiger partial charge in [0.25, 0.3) is 0 Å². The second-order valence-electron chi connectivity index (χ2n) is 4.26. The summed E-state index contributed by atoms with van der Waals surface area (Å²) in [4.78, 5) is 0.111. The molecule has 1 aromatic rings. The Bertz CT molecular complexity index is 501. The van der Waals surface area contributed by atoms with E-state index in [1.54, 1.807) is 6.92 Å². The normalized spacial score (nSPS) is 26.3. The lowest BCUT2D eigenvalue weighted by Crippen LogP contribution is -2.40. The number of hydrogen-bond donors (Lipinski definition) is 1. The van der Waals surface area contributed by atoms with Crippen LogP contribution < -0.4 is 5.73 Å². The predicted octanol–water partition coefficient (Wildman–Crippen LogP) is 0.936. The zero-order valence-corrected chi connectivity index (χ0v) is 10.3. The van der Waals surface area contributed by atoms with Crippen molar-refractivity contribution in [2.75, 3.05) is 6.54 Å². The van der Waals surface area contributed by atoms with Gasteiger partial charge in [0.2, 0.25) is 10.0 Å². The fraction of sp³-hybridized carbons (Fsp3) is 0.455. The Balaban J connectivity index is 2.34.